The Hall–Kier alpha value is -2.02. The van der Waals surface area contributed by atoms with Crippen molar-refractivity contribution in [2.24, 2.45) is 5.73 Å². The van der Waals surface area contributed by atoms with Gasteiger partial charge in [0.15, 0.2) is 5.69 Å². The molecule has 0 radical (unpaired) electrons. The average Bonchev–Trinajstić information content (AvgIpc) is 2.67. The highest BCUT2D eigenvalue weighted by Gasteiger charge is 2.41. The number of halogens is 4. The number of nitrogens with two attached hydrogens (primary N) is 1. The SMILES string of the molecule is Cc1nn(-c2ccc(Cl)cc2)c(C(F)(F)F)c1C(N)=O. The van der Waals surface area contributed by atoms with Gasteiger partial charge in [-0.1, -0.05) is 11.6 Å². The van der Waals surface area contributed by atoms with Crippen molar-refractivity contribution in [3.63, 3.8) is 0 Å². The Kier molecular flexibility index (Phi) is 3.47. The van der Waals surface area contributed by atoms with E-state index >= 15 is 0 Å². The summed E-state index contributed by atoms with van der Waals surface area (Å²) in [5.74, 6) is -1.17. The Balaban J connectivity index is 2.74. The fraction of sp³-hybridized carbons (Fsp3) is 0.167. The molecule has 2 rings (SSSR count). The van der Waals surface area contributed by atoms with Crippen molar-refractivity contribution in [2.45, 2.75) is 13.1 Å². The van der Waals surface area contributed by atoms with E-state index in [-0.39, 0.29) is 11.4 Å². The second-order valence-electron chi connectivity index (χ2n) is 4.06. The van der Waals surface area contributed by atoms with Crippen LogP contribution in [0.4, 0.5) is 13.2 Å². The highest BCUT2D eigenvalue weighted by molar-refractivity contribution is 6.30. The number of aryl methyl sites for hydroxylation is 1. The number of hydrogen-bond donors (Lipinski definition) is 1. The Morgan fingerprint density at radius 3 is 2.30 bits per heavy atom. The average molecular weight is 304 g/mol. The third-order valence-electron chi connectivity index (χ3n) is 2.65. The number of carbonyl (C=O) groups excluding carboxylic acids is 1. The van der Waals surface area contributed by atoms with Crippen LogP contribution in [0, 0.1) is 6.92 Å². The molecule has 0 aliphatic rings. The molecule has 4 nitrogen and oxygen atoms in total. The third-order valence-corrected chi connectivity index (χ3v) is 2.90. The topological polar surface area (TPSA) is 60.9 Å². The van der Waals surface area contributed by atoms with Crippen molar-refractivity contribution >= 4 is 17.5 Å². The lowest BCUT2D eigenvalue weighted by Crippen LogP contribution is -2.21. The summed E-state index contributed by atoms with van der Waals surface area (Å²) in [6.07, 6.45) is -4.76. The van der Waals surface area contributed by atoms with E-state index in [1.165, 1.54) is 31.2 Å². The molecule has 8 heteroatoms. The molecule has 0 bridgehead atoms. The van der Waals surface area contributed by atoms with Crippen LogP contribution in [0.3, 0.4) is 0 Å². The summed E-state index contributed by atoms with van der Waals surface area (Å²) < 4.78 is 40.1. The maximum atomic E-state index is 13.2. The van der Waals surface area contributed by atoms with E-state index in [0.29, 0.717) is 9.70 Å². The zero-order chi connectivity index (χ0) is 15.1. The highest BCUT2D eigenvalue weighted by atomic mass is 35.5. The van der Waals surface area contributed by atoms with Gasteiger partial charge in [-0.3, -0.25) is 4.79 Å². The van der Waals surface area contributed by atoms with Gasteiger partial charge in [-0.2, -0.15) is 18.3 Å². The van der Waals surface area contributed by atoms with Crippen molar-refractivity contribution in [3.8, 4) is 5.69 Å². The second-order valence-corrected chi connectivity index (χ2v) is 4.50. The van der Waals surface area contributed by atoms with Crippen molar-refractivity contribution in [2.75, 3.05) is 0 Å². The van der Waals surface area contributed by atoms with Crippen LogP contribution >= 0.6 is 11.6 Å². The minimum Gasteiger partial charge on any atom is -0.365 e. The molecule has 1 aromatic heterocycles. The first-order valence-corrected chi connectivity index (χ1v) is 5.82. The summed E-state index contributed by atoms with van der Waals surface area (Å²) in [5, 5.41) is 4.13. The van der Waals surface area contributed by atoms with Crippen LogP contribution in [-0.4, -0.2) is 15.7 Å². The Bertz CT molecular complexity index is 662. The van der Waals surface area contributed by atoms with Gasteiger partial charge in [-0.05, 0) is 31.2 Å². The normalized spacial score (nSPS) is 11.7. The van der Waals surface area contributed by atoms with Crippen LogP contribution in [0.1, 0.15) is 21.7 Å². The van der Waals surface area contributed by atoms with Gasteiger partial charge >= 0.3 is 6.18 Å². The molecule has 2 N–H and O–H groups in total. The lowest BCUT2D eigenvalue weighted by atomic mass is 10.1. The molecule has 1 aromatic carbocycles. The van der Waals surface area contributed by atoms with Gasteiger partial charge in [0.1, 0.15) is 0 Å². The molecule has 106 valence electrons. The molecule has 0 saturated heterocycles. The number of nitrogens with zero attached hydrogens (tertiary/aromatic N) is 2. The van der Waals surface area contributed by atoms with Crippen LogP contribution in [0.2, 0.25) is 5.02 Å². The minimum absolute atomic E-state index is 0.0835. The van der Waals surface area contributed by atoms with Gasteiger partial charge < -0.3 is 5.73 Å². The first-order valence-electron chi connectivity index (χ1n) is 5.44. The third kappa shape index (κ3) is 2.49. The Morgan fingerprint density at radius 1 is 1.30 bits per heavy atom. The van der Waals surface area contributed by atoms with E-state index in [9.17, 15) is 18.0 Å². The molecular formula is C12H9ClF3N3O. The molecule has 0 spiro atoms. The monoisotopic (exact) mass is 303 g/mol. The molecule has 20 heavy (non-hydrogen) atoms. The van der Waals surface area contributed by atoms with E-state index in [4.69, 9.17) is 17.3 Å². The van der Waals surface area contributed by atoms with Gasteiger partial charge in [0.25, 0.3) is 5.91 Å². The number of benzene rings is 1. The van der Waals surface area contributed by atoms with Gasteiger partial charge in [0.2, 0.25) is 0 Å². The van der Waals surface area contributed by atoms with Gasteiger partial charge in [0, 0.05) is 5.02 Å². The number of hydrogen-bond acceptors (Lipinski definition) is 2. The van der Waals surface area contributed by atoms with Gasteiger partial charge in [-0.25, -0.2) is 4.68 Å². The quantitative estimate of drug-likeness (QED) is 0.927. The molecule has 0 atom stereocenters. The zero-order valence-electron chi connectivity index (χ0n) is 10.2. The second kappa shape index (κ2) is 4.82. The molecule has 0 unspecified atom stereocenters. The summed E-state index contributed by atoms with van der Waals surface area (Å²) in [5.41, 5.74) is 3.25. The lowest BCUT2D eigenvalue weighted by Gasteiger charge is -2.11. The van der Waals surface area contributed by atoms with Gasteiger partial charge in [-0.15, -0.1) is 0 Å². The zero-order valence-corrected chi connectivity index (χ0v) is 11.0. The van der Waals surface area contributed by atoms with Gasteiger partial charge in [0.05, 0.1) is 16.9 Å². The number of alkyl halides is 3. The van der Waals surface area contributed by atoms with Crippen LogP contribution < -0.4 is 5.73 Å². The number of rotatable bonds is 2. The van der Waals surface area contributed by atoms with Crippen LogP contribution in [0.15, 0.2) is 24.3 Å². The van der Waals surface area contributed by atoms with E-state index in [2.05, 4.69) is 5.10 Å². The fourth-order valence-corrected chi connectivity index (χ4v) is 1.98. The van der Waals surface area contributed by atoms with E-state index < -0.39 is 23.3 Å². The standard InChI is InChI=1S/C12H9ClF3N3O/c1-6-9(11(17)20)10(12(14,15)16)19(18-6)8-4-2-7(13)3-5-8/h2-5H,1H3,(H2,17,20). The maximum Gasteiger partial charge on any atom is 0.434 e. The van der Waals surface area contributed by atoms with Crippen molar-refractivity contribution < 1.29 is 18.0 Å². The minimum atomic E-state index is -4.76. The molecular weight excluding hydrogens is 295 g/mol. The summed E-state index contributed by atoms with van der Waals surface area (Å²) in [6, 6.07) is 5.60. The fourth-order valence-electron chi connectivity index (χ4n) is 1.85. The predicted octanol–water partition coefficient (Wildman–Crippen LogP) is 2.95. The number of primary amides is 1. The Morgan fingerprint density at radius 2 is 1.85 bits per heavy atom. The number of carbonyl (C=O) groups is 1. The highest BCUT2D eigenvalue weighted by Crippen LogP contribution is 2.35. The molecule has 2 aromatic rings. The summed E-state index contributed by atoms with van der Waals surface area (Å²) in [6.45, 7) is 1.29. The van der Waals surface area contributed by atoms with E-state index in [1.807, 2.05) is 0 Å². The molecule has 0 aliphatic heterocycles. The van der Waals surface area contributed by atoms with Crippen molar-refractivity contribution in [1.82, 2.24) is 9.78 Å². The van der Waals surface area contributed by atoms with Crippen molar-refractivity contribution in [3.05, 3.63) is 46.2 Å². The maximum absolute atomic E-state index is 13.2. The largest absolute Gasteiger partial charge is 0.434 e. The Labute approximate surface area is 116 Å². The van der Waals surface area contributed by atoms with E-state index in [1.54, 1.807) is 0 Å². The molecule has 0 saturated carbocycles. The van der Waals surface area contributed by atoms with Crippen LogP contribution in [0.5, 0.6) is 0 Å². The first kappa shape index (κ1) is 14.4. The lowest BCUT2D eigenvalue weighted by molar-refractivity contribution is -0.143. The van der Waals surface area contributed by atoms with Crippen LogP contribution in [-0.2, 0) is 6.18 Å². The first-order chi connectivity index (χ1) is 9.21. The predicted molar refractivity (Wildman–Crippen MR) is 66.8 cm³/mol. The number of amides is 1. The molecule has 0 fully saturated rings. The summed E-state index contributed by atoms with van der Waals surface area (Å²) >= 11 is 5.69. The van der Waals surface area contributed by atoms with E-state index in [0.717, 1.165) is 0 Å². The van der Waals surface area contributed by atoms with Crippen molar-refractivity contribution in [1.29, 1.82) is 0 Å². The summed E-state index contributed by atoms with van der Waals surface area (Å²) in [4.78, 5) is 11.2. The molecule has 1 heterocycles. The number of aromatic nitrogens is 2. The van der Waals surface area contributed by atoms with Crippen LogP contribution in [0.25, 0.3) is 5.69 Å². The molecule has 1 amide bonds. The molecule has 0 aliphatic carbocycles. The smallest absolute Gasteiger partial charge is 0.365 e. The summed E-state index contributed by atoms with van der Waals surface area (Å²) in [7, 11) is 0.